The molecule has 200 valence electrons. The summed E-state index contributed by atoms with van der Waals surface area (Å²) in [4.78, 5) is 60.9. The van der Waals surface area contributed by atoms with E-state index < -0.39 is 46.8 Å². The number of para-hydroxylation sites is 1. The molecule has 3 aromatic rings. The lowest BCUT2D eigenvalue weighted by Crippen LogP contribution is -2.30. The Morgan fingerprint density at radius 3 is 2.67 bits per heavy atom. The summed E-state index contributed by atoms with van der Waals surface area (Å²) in [5.74, 6) is -3.13. The van der Waals surface area contributed by atoms with Crippen LogP contribution in [0, 0.1) is 15.9 Å². The maximum Gasteiger partial charge on any atom is 0.373 e. The highest BCUT2D eigenvalue weighted by Gasteiger charge is 2.35. The highest BCUT2D eigenvalue weighted by Crippen LogP contribution is 2.33. The minimum absolute atomic E-state index is 0.0271. The Balaban J connectivity index is 1.53. The third kappa shape index (κ3) is 6.07. The van der Waals surface area contributed by atoms with E-state index in [1.165, 1.54) is 49.6 Å². The van der Waals surface area contributed by atoms with Gasteiger partial charge in [-0.2, -0.15) is 0 Å². The number of benzene rings is 2. The number of nitrogens with zero attached hydrogens (tertiary/aromatic N) is 2. The molecule has 0 saturated carbocycles. The van der Waals surface area contributed by atoms with Crippen molar-refractivity contribution in [2.45, 2.75) is 6.54 Å². The summed E-state index contributed by atoms with van der Waals surface area (Å²) in [7, 11) is 1.17. The minimum Gasteiger partial charge on any atom is -0.476 e. The zero-order chi connectivity index (χ0) is 28.1. The van der Waals surface area contributed by atoms with E-state index in [0.29, 0.717) is 0 Å². The Bertz CT molecular complexity index is 1510. The summed E-state index contributed by atoms with van der Waals surface area (Å²) in [6, 6.07) is 10.9. The molecule has 1 fully saturated rings. The van der Waals surface area contributed by atoms with Crippen molar-refractivity contribution in [2.24, 2.45) is 0 Å². The van der Waals surface area contributed by atoms with Crippen LogP contribution < -0.4 is 15.4 Å². The number of ether oxygens (including phenoxy) is 2. The number of anilines is 1. The van der Waals surface area contributed by atoms with E-state index in [1.807, 2.05) is 0 Å². The van der Waals surface area contributed by atoms with Crippen LogP contribution >= 0.6 is 0 Å². The topological polar surface area (TPSA) is 170 Å². The van der Waals surface area contributed by atoms with Crippen molar-refractivity contribution in [1.82, 2.24) is 10.2 Å². The van der Waals surface area contributed by atoms with Gasteiger partial charge in [-0.05, 0) is 36.4 Å². The van der Waals surface area contributed by atoms with Gasteiger partial charge in [0.2, 0.25) is 11.5 Å². The Morgan fingerprint density at radius 2 is 1.95 bits per heavy atom. The van der Waals surface area contributed by atoms with Gasteiger partial charge in [0.15, 0.2) is 6.61 Å². The summed E-state index contributed by atoms with van der Waals surface area (Å²) in [5.41, 5.74) is -0.542. The molecule has 1 aromatic heterocycles. The molecule has 1 aliphatic heterocycles. The lowest BCUT2D eigenvalue weighted by molar-refractivity contribution is -0.385. The Kier molecular flexibility index (Phi) is 7.65. The fourth-order valence-corrected chi connectivity index (χ4v) is 3.56. The van der Waals surface area contributed by atoms with Crippen LogP contribution in [-0.2, 0) is 20.9 Å². The van der Waals surface area contributed by atoms with Gasteiger partial charge in [0.05, 0.1) is 18.6 Å². The van der Waals surface area contributed by atoms with Crippen LogP contribution in [0.2, 0.25) is 0 Å². The average Bonchev–Trinajstić information content (AvgIpc) is 3.47. The summed E-state index contributed by atoms with van der Waals surface area (Å²) < 4.78 is 28.6. The predicted molar refractivity (Wildman–Crippen MR) is 131 cm³/mol. The number of urea groups is 1. The predicted octanol–water partition coefficient (Wildman–Crippen LogP) is 3.22. The third-order valence-corrected chi connectivity index (χ3v) is 5.30. The van der Waals surface area contributed by atoms with Gasteiger partial charge in [-0.1, -0.05) is 18.2 Å². The molecular weight excluding hydrogens is 519 g/mol. The normalized spacial score (nSPS) is 13.8. The standard InChI is InChI=1S/C25H19FN4O9/c1-37-24(33)20-9-8-17(39-20)12-29-23(32)18(28-25(29)34)10-14-4-2-7-19(30(35)36)22(14)38-13-21(31)27-16-6-3-5-15(26)11-16/h2-11H,12-13H2,1H3,(H,27,31)(H,28,34)/b18-10-. The summed E-state index contributed by atoms with van der Waals surface area (Å²) in [6.45, 7) is -0.984. The molecular formula is C25H19FN4O9. The third-order valence-electron chi connectivity index (χ3n) is 5.30. The second kappa shape index (κ2) is 11.2. The van der Waals surface area contributed by atoms with Gasteiger partial charge in [-0.25, -0.2) is 14.0 Å². The molecule has 14 heteroatoms. The number of esters is 1. The molecule has 0 bridgehead atoms. The van der Waals surface area contributed by atoms with E-state index in [-0.39, 0.29) is 40.8 Å². The number of nitro groups is 1. The van der Waals surface area contributed by atoms with Crippen LogP contribution in [0.3, 0.4) is 0 Å². The number of nitrogens with one attached hydrogen (secondary N) is 2. The highest BCUT2D eigenvalue weighted by atomic mass is 19.1. The fraction of sp³-hybridized carbons (Fsp3) is 0.120. The lowest BCUT2D eigenvalue weighted by atomic mass is 10.1. The molecule has 2 heterocycles. The number of halogens is 1. The van der Waals surface area contributed by atoms with E-state index in [2.05, 4.69) is 15.4 Å². The molecule has 4 rings (SSSR count). The second-order valence-corrected chi connectivity index (χ2v) is 7.94. The van der Waals surface area contributed by atoms with Crippen molar-refractivity contribution in [3.63, 3.8) is 0 Å². The smallest absolute Gasteiger partial charge is 0.373 e. The zero-order valence-corrected chi connectivity index (χ0v) is 20.1. The number of carbonyl (C=O) groups is 4. The largest absolute Gasteiger partial charge is 0.476 e. The first kappa shape index (κ1) is 26.5. The first-order valence-electron chi connectivity index (χ1n) is 11.1. The van der Waals surface area contributed by atoms with Crippen molar-refractivity contribution >= 4 is 41.3 Å². The van der Waals surface area contributed by atoms with E-state index in [9.17, 15) is 33.7 Å². The summed E-state index contributed by atoms with van der Waals surface area (Å²) in [6.07, 6.45) is 1.16. The quantitative estimate of drug-likeness (QED) is 0.136. The molecule has 0 radical (unpaired) electrons. The number of hydrogen-bond acceptors (Lipinski definition) is 9. The lowest BCUT2D eigenvalue weighted by Gasteiger charge is -2.11. The van der Waals surface area contributed by atoms with Crippen LogP contribution in [0.4, 0.5) is 20.6 Å². The molecule has 4 amide bonds. The number of imide groups is 1. The Labute approximate surface area is 218 Å². The number of amides is 4. The van der Waals surface area contributed by atoms with Crippen molar-refractivity contribution in [3.05, 3.63) is 93.3 Å². The summed E-state index contributed by atoms with van der Waals surface area (Å²) >= 11 is 0. The van der Waals surface area contributed by atoms with Crippen LogP contribution in [0.5, 0.6) is 5.75 Å². The van der Waals surface area contributed by atoms with Crippen LogP contribution in [-0.4, -0.2) is 47.4 Å². The first-order valence-corrected chi connectivity index (χ1v) is 11.1. The molecule has 0 atom stereocenters. The van der Waals surface area contributed by atoms with Crippen LogP contribution in [0.1, 0.15) is 21.9 Å². The molecule has 0 spiro atoms. The van der Waals surface area contributed by atoms with Crippen LogP contribution in [0.25, 0.3) is 6.08 Å². The monoisotopic (exact) mass is 538 g/mol. The van der Waals surface area contributed by atoms with Crippen molar-refractivity contribution in [1.29, 1.82) is 0 Å². The van der Waals surface area contributed by atoms with Crippen LogP contribution in [0.15, 0.2) is 64.7 Å². The van der Waals surface area contributed by atoms with Gasteiger partial charge >= 0.3 is 17.7 Å². The van der Waals surface area contributed by atoms with Gasteiger partial charge < -0.3 is 24.5 Å². The molecule has 13 nitrogen and oxygen atoms in total. The van der Waals surface area contributed by atoms with Gasteiger partial charge in [0, 0.05) is 17.3 Å². The molecule has 0 unspecified atom stereocenters. The zero-order valence-electron chi connectivity index (χ0n) is 20.1. The minimum atomic E-state index is -0.801. The second-order valence-electron chi connectivity index (χ2n) is 7.94. The highest BCUT2D eigenvalue weighted by molar-refractivity contribution is 6.14. The van der Waals surface area contributed by atoms with E-state index in [1.54, 1.807) is 0 Å². The number of furan rings is 1. The number of nitro benzene ring substituents is 1. The van der Waals surface area contributed by atoms with Crippen molar-refractivity contribution in [2.75, 3.05) is 19.0 Å². The maximum absolute atomic E-state index is 13.4. The number of carbonyl (C=O) groups excluding carboxylic acids is 4. The number of rotatable bonds is 9. The molecule has 1 aliphatic rings. The van der Waals surface area contributed by atoms with Gasteiger partial charge in [0.1, 0.15) is 17.3 Å². The molecule has 2 aromatic carbocycles. The van der Waals surface area contributed by atoms with Gasteiger partial charge in [-0.3, -0.25) is 24.6 Å². The van der Waals surface area contributed by atoms with E-state index in [4.69, 9.17) is 9.15 Å². The average molecular weight is 538 g/mol. The SMILES string of the molecule is COC(=O)c1ccc(CN2C(=O)N/C(=C\c3cccc([N+](=O)[O-])c3OCC(=O)Nc3cccc(F)c3)C2=O)o1. The summed E-state index contributed by atoms with van der Waals surface area (Å²) in [5, 5.41) is 16.4. The van der Waals surface area contributed by atoms with Crippen molar-refractivity contribution in [3.8, 4) is 5.75 Å². The molecule has 39 heavy (non-hydrogen) atoms. The number of methoxy groups -OCH3 is 1. The van der Waals surface area contributed by atoms with E-state index >= 15 is 0 Å². The molecule has 2 N–H and O–H groups in total. The number of hydrogen-bond donors (Lipinski definition) is 2. The fourth-order valence-electron chi connectivity index (χ4n) is 3.56. The van der Waals surface area contributed by atoms with E-state index in [0.717, 1.165) is 23.1 Å². The Hall–Kier alpha value is -5.53. The molecule has 0 aliphatic carbocycles. The van der Waals surface area contributed by atoms with Crippen molar-refractivity contribution < 1.29 is 42.4 Å². The van der Waals surface area contributed by atoms with Gasteiger partial charge in [-0.15, -0.1) is 0 Å². The molecule has 1 saturated heterocycles. The Morgan fingerprint density at radius 1 is 1.18 bits per heavy atom. The maximum atomic E-state index is 13.4. The van der Waals surface area contributed by atoms with Gasteiger partial charge in [0.25, 0.3) is 11.8 Å². The first-order chi connectivity index (χ1) is 18.7.